The van der Waals surface area contributed by atoms with Gasteiger partial charge in [0.1, 0.15) is 0 Å². The van der Waals surface area contributed by atoms with Crippen molar-refractivity contribution in [2.75, 3.05) is 54.1 Å². The van der Waals surface area contributed by atoms with Crippen molar-refractivity contribution in [2.24, 2.45) is 4.99 Å². The van der Waals surface area contributed by atoms with Gasteiger partial charge >= 0.3 is 0 Å². The number of ether oxygens (including phenoxy) is 3. The van der Waals surface area contributed by atoms with E-state index in [1.54, 1.807) is 21.3 Å². The van der Waals surface area contributed by atoms with Crippen molar-refractivity contribution in [3.05, 3.63) is 22.2 Å². The van der Waals surface area contributed by atoms with Crippen molar-refractivity contribution < 1.29 is 14.2 Å². The molecule has 0 saturated carbocycles. The molecule has 1 heterocycles. The molecule has 0 aromatic heterocycles. The first-order valence-electron chi connectivity index (χ1n) is 9.09. The molecule has 1 aliphatic rings. The molecule has 28 heavy (non-hydrogen) atoms. The summed E-state index contributed by atoms with van der Waals surface area (Å²) in [6.45, 7) is 9.41. The Bertz CT molecular complexity index is 652. The van der Waals surface area contributed by atoms with Gasteiger partial charge in [0.15, 0.2) is 17.5 Å². The number of methoxy groups -OCH3 is 2. The minimum atomic E-state index is 0. The van der Waals surface area contributed by atoms with E-state index in [1.165, 1.54) is 0 Å². The van der Waals surface area contributed by atoms with E-state index in [9.17, 15) is 0 Å². The fourth-order valence-electron chi connectivity index (χ4n) is 3.06. The molecule has 9 heteroatoms. The number of rotatable bonds is 7. The molecular formula is C19H32BrIN4O3. The van der Waals surface area contributed by atoms with Crippen LogP contribution >= 0.6 is 39.9 Å². The average molecular weight is 571 g/mol. The molecule has 1 saturated heterocycles. The lowest BCUT2D eigenvalue weighted by atomic mass is 10.0. The molecule has 160 valence electrons. The second-order valence-electron chi connectivity index (χ2n) is 7.00. The van der Waals surface area contributed by atoms with Gasteiger partial charge in [-0.05, 0) is 47.5 Å². The second-order valence-corrected chi connectivity index (χ2v) is 7.86. The quantitative estimate of drug-likeness (QED) is 0.298. The van der Waals surface area contributed by atoms with E-state index in [-0.39, 0.29) is 29.5 Å². The van der Waals surface area contributed by atoms with E-state index in [4.69, 9.17) is 14.2 Å². The van der Waals surface area contributed by atoms with Crippen LogP contribution in [0.5, 0.6) is 11.5 Å². The molecule has 2 N–H and O–H groups in total. The zero-order valence-corrected chi connectivity index (χ0v) is 21.2. The van der Waals surface area contributed by atoms with Gasteiger partial charge in [0, 0.05) is 38.8 Å². The molecule has 1 aliphatic heterocycles. The minimum Gasteiger partial charge on any atom is -0.493 e. The predicted octanol–water partition coefficient (Wildman–Crippen LogP) is 2.86. The summed E-state index contributed by atoms with van der Waals surface area (Å²) in [6, 6.07) is 3.97. The normalized spacial score (nSPS) is 15.6. The molecule has 2 rings (SSSR count). The number of guanidine groups is 1. The van der Waals surface area contributed by atoms with Crippen molar-refractivity contribution in [1.29, 1.82) is 0 Å². The van der Waals surface area contributed by atoms with Gasteiger partial charge in [-0.25, -0.2) is 0 Å². The maximum atomic E-state index is 5.45. The van der Waals surface area contributed by atoms with Crippen LogP contribution in [-0.4, -0.2) is 70.5 Å². The Hall–Kier alpha value is -0.780. The third kappa shape index (κ3) is 6.93. The van der Waals surface area contributed by atoms with Gasteiger partial charge in [0.2, 0.25) is 0 Å². The third-order valence-electron chi connectivity index (χ3n) is 4.73. The van der Waals surface area contributed by atoms with Gasteiger partial charge in [0.05, 0.1) is 31.9 Å². The van der Waals surface area contributed by atoms with Crippen LogP contribution in [0.15, 0.2) is 21.6 Å². The lowest BCUT2D eigenvalue weighted by Gasteiger charge is -2.41. The summed E-state index contributed by atoms with van der Waals surface area (Å²) >= 11 is 3.53. The molecule has 1 fully saturated rings. The van der Waals surface area contributed by atoms with Gasteiger partial charge in [-0.3, -0.25) is 9.89 Å². The molecule has 0 atom stereocenters. The Morgan fingerprint density at radius 1 is 1.21 bits per heavy atom. The summed E-state index contributed by atoms with van der Waals surface area (Å²) in [7, 11) is 5.04. The lowest BCUT2D eigenvalue weighted by Crippen LogP contribution is -2.56. The zero-order chi connectivity index (χ0) is 19.9. The van der Waals surface area contributed by atoms with Crippen LogP contribution in [-0.2, 0) is 11.3 Å². The Morgan fingerprint density at radius 2 is 1.89 bits per heavy atom. The molecular weight excluding hydrogens is 539 g/mol. The van der Waals surface area contributed by atoms with Gasteiger partial charge in [0.25, 0.3) is 0 Å². The topological polar surface area (TPSA) is 67.4 Å². The Morgan fingerprint density at radius 3 is 2.46 bits per heavy atom. The van der Waals surface area contributed by atoms with Crippen molar-refractivity contribution in [3.63, 3.8) is 0 Å². The first-order valence-corrected chi connectivity index (χ1v) is 9.88. The first kappa shape index (κ1) is 25.3. The number of benzene rings is 1. The van der Waals surface area contributed by atoms with E-state index in [2.05, 4.69) is 50.3 Å². The van der Waals surface area contributed by atoms with Crippen LogP contribution in [0.4, 0.5) is 0 Å². The average Bonchev–Trinajstić information content (AvgIpc) is 2.68. The number of hydrogen-bond donors (Lipinski definition) is 2. The highest BCUT2D eigenvalue weighted by Gasteiger charge is 2.28. The van der Waals surface area contributed by atoms with Crippen LogP contribution in [0.25, 0.3) is 0 Å². The summed E-state index contributed by atoms with van der Waals surface area (Å²) in [4.78, 5) is 6.78. The highest BCUT2D eigenvalue weighted by atomic mass is 127. The smallest absolute Gasteiger partial charge is 0.191 e. The number of nitrogens with one attached hydrogen (secondary N) is 2. The number of aliphatic imine (C=N–C) groups is 1. The molecule has 0 bridgehead atoms. The van der Waals surface area contributed by atoms with Crippen LogP contribution in [0.3, 0.4) is 0 Å². The largest absolute Gasteiger partial charge is 0.493 e. The molecule has 0 aliphatic carbocycles. The first-order chi connectivity index (χ1) is 12.9. The summed E-state index contributed by atoms with van der Waals surface area (Å²) in [5.74, 6) is 2.15. The Labute approximate surface area is 193 Å². The zero-order valence-electron chi connectivity index (χ0n) is 17.3. The fourth-order valence-corrected chi connectivity index (χ4v) is 3.71. The van der Waals surface area contributed by atoms with E-state index in [0.717, 1.165) is 48.8 Å². The number of morpholine rings is 1. The second kappa shape index (κ2) is 12.0. The molecule has 0 radical (unpaired) electrons. The van der Waals surface area contributed by atoms with Crippen LogP contribution in [0.1, 0.15) is 19.4 Å². The van der Waals surface area contributed by atoms with E-state index < -0.39 is 0 Å². The molecule has 1 aromatic rings. The van der Waals surface area contributed by atoms with Crippen molar-refractivity contribution in [3.8, 4) is 11.5 Å². The fraction of sp³-hybridized carbons (Fsp3) is 0.632. The molecule has 0 unspecified atom stereocenters. The summed E-state index contributed by atoms with van der Waals surface area (Å²) in [6.07, 6.45) is 0. The van der Waals surface area contributed by atoms with Crippen LogP contribution in [0.2, 0.25) is 0 Å². The van der Waals surface area contributed by atoms with Crippen LogP contribution in [0, 0.1) is 0 Å². The SMILES string of the molecule is CN=C(NCc1cc(Br)c(OC)c(OC)c1)NCC(C)(C)N1CCOCC1.I. The Balaban J connectivity index is 0.00000392. The van der Waals surface area contributed by atoms with Crippen LogP contribution < -0.4 is 20.1 Å². The van der Waals surface area contributed by atoms with Crippen molar-refractivity contribution >= 4 is 45.9 Å². The molecule has 1 aromatic carbocycles. The number of hydrogen-bond acceptors (Lipinski definition) is 5. The lowest BCUT2D eigenvalue weighted by molar-refractivity contribution is -0.00834. The summed E-state index contributed by atoms with van der Waals surface area (Å²) < 4.78 is 17.1. The van der Waals surface area contributed by atoms with Crippen molar-refractivity contribution in [1.82, 2.24) is 15.5 Å². The summed E-state index contributed by atoms with van der Waals surface area (Å²) in [5, 5.41) is 6.79. The van der Waals surface area contributed by atoms with E-state index in [1.807, 2.05) is 12.1 Å². The third-order valence-corrected chi connectivity index (χ3v) is 5.32. The van der Waals surface area contributed by atoms with E-state index in [0.29, 0.717) is 18.0 Å². The number of halogens is 2. The Kier molecular flexibility index (Phi) is 10.9. The van der Waals surface area contributed by atoms with Gasteiger partial charge in [-0.2, -0.15) is 0 Å². The highest BCUT2D eigenvalue weighted by Crippen LogP contribution is 2.36. The van der Waals surface area contributed by atoms with Crippen molar-refractivity contribution in [2.45, 2.75) is 25.9 Å². The number of nitrogens with zero attached hydrogens (tertiary/aromatic N) is 2. The maximum Gasteiger partial charge on any atom is 0.191 e. The minimum absolute atomic E-state index is 0. The standard InChI is InChI=1S/C19H31BrN4O3.HI/c1-19(2,24-6-8-27-9-7-24)13-23-18(21-3)22-12-14-10-15(20)17(26-5)16(11-14)25-4;/h10-11H,6-9,12-13H2,1-5H3,(H2,21,22,23);1H. The molecule has 0 spiro atoms. The molecule has 7 nitrogen and oxygen atoms in total. The summed E-state index contributed by atoms with van der Waals surface area (Å²) in [5.41, 5.74) is 1.09. The maximum absolute atomic E-state index is 5.45. The van der Waals surface area contributed by atoms with Gasteiger partial charge in [-0.1, -0.05) is 0 Å². The monoisotopic (exact) mass is 570 g/mol. The molecule has 0 amide bonds. The predicted molar refractivity (Wildman–Crippen MR) is 127 cm³/mol. The van der Waals surface area contributed by atoms with E-state index >= 15 is 0 Å². The van der Waals surface area contributed by atoms with Gasteiger partial charge in [-0.15, -0.1) is 24.0 Å². The van der Waals surface area contributed by atoms with Gasteiger partial charge < -0.3 is 24.8 Å². The highest BCUT2D eigenvalue weighted by molar-refractivity contribution is 14.0.